The zero-order chi connectivity index (χ0) is 18.1. The lowest BCUT2D eigenvalue weighted by Crippen LogP contribution is -2.18. The molecule has 2 aromatic carbocycles. The molecule has 0 heterocycles. The van der Waals surface area contributed by atoms with Gasteiger partial charge in [0, 0.05) is 10.9 Å². The third-order valence-corrected chi connectivity index (χ3v) is 3.97. The molecular weight excluding hydrogens is 384 g/mol. The number of rotatable bonds is 8. The molecule has 2 aromatic rings. The van der Waals surface area contributed by atoms with Gasteiger partial charge in [0.25, 0.3) is 0 Å². The maximum absolute atomic E-state index is 11.8. The highest BCUT2D eigenvalue weighted by Gasteiger charge is 2.10. The van der Waals surface area contributed by atoms with Crippen molar-refractivity contribution in [2.45, 2.75) is 25.9 Å². The zero-order valence-electron chi connectivity index (χ0n) is 14.0. The smallest absolute Gasteiger partial charge is 0.240 e. The summed E-state index contributed by atoms with van der Waals surface area (Å²) in [5, 5.41) is 14.1. The molecule has 0 aliphatic carbocycles. The Balaban J connectivity index is 1.77. The summed E-state index contributed by atoms with van der Waals surface area (Å²) in [5.74, 6) is 0.523. The number of hydrogen-bond donors (Lipinski definition) is 2. The second kappa shape index (κ2) is 9.96. The van der Waals surface area contributed by atoms with E-state index < -0.39 is 6.10 Å². The Labute approximate surface area is 155 Å². The van der Waals surface area contributed by atoms with Crippen LogP contribution in [0.4, 0.5) is 0 Å². The summed E-state index contributed by atoms with van der Waals surface area (Å²) in [6.07, 6.45) is 1.39. The molecule has 6 heteroatoms. The topological polar surface area (TPSA) is 70.9 Å². The SMILES string of the molecule is CCOc1ccc([C@@H](O)CCC(=O)N/N=C/c2cccc(Br)c2)cc1. The number of nitrogens with one attached hydrogen (secondary N) is 1. The fraction of sp³-hybridized carbons (Fsp3) is 0.263. The van der Waals surface area contributed by atoms with Crippen LogP contribution in [-0.4, -0.2) is 23.8 Å². The van der Waals surface area contributed by atoms with Gasteiger partial charge >= 0.3 is 0 Å². The van der Waals surface area contributed by atoms with E-state index in [-0.39, 0.29) is 12.3 Å². The highest BCUT2D eigenvalue weighted by molar-refractivity contribution is 9.10. The van der Waals surface area contributed by atoms with Crippen LogP contribution in [0.2, 0.25) is 0 Å². The van der Waals surface area contributed by atoms with Crippen LogP contribution in [-0.2, 0) is 4.79 Å². The minimum absolute atomic E-state index is 0.185. The van der Waals surface area contributed by atoms with E-state index in [4.69, 9.17) is 4.74 Å². The van der Waals surface area contributed by atoms with Gasteiger partial charge in [0.2, 0.25) is 5.91 Å². The van der Waals surface area contributed by atoms with E-state index in [0.717, 1.165) is 21.3 Å². The molecule has 0 aliphatic rings. The minimum atomic E-state index is -0.699. The minimum Gasteiger partial charge on any atom is -0.494 e. The predicted molar refractivity (Wildman–Crippen MR) is 102 cm³/mol. The summed E-state index contributed by atoms with van der Waals surface area (Å²) >= 11 is 3.37. The molecule has 0 unspecified atom stereocenters. The van der Waals surface area contributed by atoms with Gasteiger partial charge in [-0.15, -0.1) is 0 Å². The number of aliphatic hydroxyl groups is 1. The van der Waals surface area contributed by atoms with E-state index >= 15 is 0 Å². The number of hydrazone groups is 1. The van der Waals surface area contributed by atoms with Crippen molar-refractivity contribution in [2.75, 3.05) is 6.61 Å². The average molecular weight is 405 g/mol. The number of carbonyl (C=O) groups excluding carboxylic acids is 1. The van der Waals surface area contributed by atoms with Gasteiger partial charge < -0.3 is 9.84 Å². The summed E-state index contributed by atoms with van der Waals surface area (Å²) < 4.78 is 6.31. The molecule has 2 rings (SSSR count). The quantitative estimate of drug-likeness (QED) is 0.518. The van der Waals surface area contributed by atoms with Crippen LogP contribution in [0.5, 0.6) is 5.75 Å². The highest BCUT2D eigenvalue weighted by atomic mass is 79.9. The summed E-state index contributed by atoms with van der Waals surface area (Å²) in [5.41, 5.74) is 4.10. The molecule has 0 saturated heterocycles. The van der Waals surface area contributed by atoms with Gasteiger partial charge in [-0.25, -0.2) is 5.43 Å². The van der Waals surface area contributed by atoms with Crippen molar-refractivity contribution in [3.8, 4) is 5.75 Å². The van der Waals surface area contributed by atoms with Crippen LogP contribution in [0.15, 0.2) is 58.1 Å². The van der Waals surface area contributed by atoms with Gasteiger partial charge in [0.15, 0.2) is 0 Å². The first-order valence-corrected chi connectivity index (χ1v) is 8.86. The van der Waals surface area contributed by atoms with Gasteiger partial charge in [-0.05, 0) is 48.7 Å². The van der Waals surface area contributed by atoms with E-state index in [1.54, 1.807) is 18.3 Å². The van der Waals surface area contributed by atoms with Gasteiger partial charge in [-0.3, -0.25) is 4.79 Å². The van der Waals surface area contributed by atoms with Crippen molar-refractivity contribution in [1.29, 1.82) is 0 Å². The summed E-state index contributed by atoms with van der Waals surface area (Å²) in [6, 6.07) is 14.8. The maximum atomic E-state index is 11.8. The van der Waals surface area contributed by atoms with Crippen molar-refractivity contribution in [3.63, 3.8) is 0 Å². The molecule has 0 bridgehead atoms. The third kappa shape index (κ3) is 6.68. The molecule has 1 atom stereocenters. The first-order chi connectivity index (χ1) is 12.1. The van der Waals surface area contributed by atoms with Crippen molar-refractivity contribution >= 4 is 28.1 Å². The number of ether oxygens (including phenoxy) is 1. The first kappa shape index (κ1) is 19.1. The van der Waals surface area contributed by atoms with Crippen LogP contribution < -0.4 is 10.2 Å². The number of benzene rings is 2. The molecule has 0 spiro atoms. The largest absolute Gasteiger partial charge is 0.494 e. The molecule has 0 saturated carbocycles. The second-order valence-electron chi connectivity index (χ2n) is 5.40. The lowest BCUT2D eigenvalue weighted by molar-refractivity contribution is -0.121. The van der Waals surface area contributed by atoms with Crippen LogP contribution >= 0.6 is 15.9 Å². The van der Waals surface area contributed by atoms with Crippen molar-refractivity contribution < 1.29 is 14.6 Å². The average Bonchev–Trinajstić information content (AvgIpc) is 2.61. The third-order valence-electron chi connectivity index (χ3n) is 3.47. The van der Waals surface area contributed by atoms with Crippen molar-refractivity contribution in [1.82, 2.24) is 5.43 Å². The maximum Gasteiger partial charge on any atom is 0.240 e. The molecule has 1 amide bonds. The van der Waals surface area contributed by atoms with Gasteiger partial charge in [0.1, 0.15) is 5.75 Å². The standard InChI is InChI=1S/C19H21BrN2O3/c1-2-25-17-8-6-15(7-9-17)18(23)10-11-19(24)22-21-13-14-4-3-5-16(20)12-14/h3-9,12-13,18,23H,2,10-11H2,1H3,(H,22,24)/b21-13+/t18-/m0/s1. The van der Waals surface area contributed by atoms with E-state index in [1.165, 1.54) is 0 Å². The molecule has 2 N–H and O–H groups in total. The van der Waals surface area contributed by atoms with Crippen LogP contribution in [0.3, 0.4) is 0 Å². The molecule has 25 heavy (non-hydrogen) atoms. The normalized spacial score (nSPS) is 12.1. The van der Waals surface area contributed by atoms with E-state index in [1.807, 2.05) is 43.3 Å². The Kier molecular flexibility index (Phi) is 7.63. The number of halogens is 1. The summed E-state index contributed by atoms with van der Waals surface area (Å²) in [7, 11) is 0. The highest BCUT2D eigenvalue weighted by Crippen LogP contribution is 2.21. The fourth-order valence-corrected chi connectivity index (χ4v) is 2.63. The second-order valence-corrected chi connectivity index (χ2v) is 6.32. The Morgan fingerprint density at radius 2 is 2.08 bits per heavy atom. The molecule has 0 fully saturated rings. The number of hydrogen-bond acceptors (Lipinski definition) is 4. The Hall–Kier alpha value is -2.18. The van der Waals surface area contributed by atoms with Gasteiger partial charge in [-0.2, -0.15) is 5.10 Å². The Morgan fingerprint density at radius 1 is 1.32 bits per heavy atom. The summed E-state index contributed by atoms with van der Waals surface area (Å²) in [4.78, 5) is 11.8. The first-order valence-electron chi connectivity index (χ1n) is 8.06. The van der Waals surface area contributed by atoms with E-state index in [0.29, 0.717) is 13.0 Å². The van der Waals surface area contributed by atoms with E-state index in [2.05, 4.69) is 26.5 Å². The van der Waals surface area contributed by atoms with E-state index in [9.17, 15) is 9.90 Å². The lowest BCUT2D eigenvalue weighted by atomic mass is 10.0. The molecule has 5 nitrogen and oxygen atoms in total. The van der Waals surface area contributed by atoms with Crippen LogP contribution in [0.25, 0.3) is 0 Å². The van der Waals surface area contributed by atoms with Crippen LogP contribution in [0, 0.1) is 0 Å². The van der Waals surface area contributed by atoms with Gasteiger partial charge in [-0.1, -0.05) is 40.2 Å². The van der Waals surface area contributed by atoms with Crippen LogP contribution in [0.1, 0.15) is 37.0 Å². The fourth-order valence-electron chi connectivity index (χ4n) is 2.21. The molecule has 132 valence electrons. The number of nitrogens with zero attached hydrogens (tertiary/aromatic N) is 1. The molecule has 0 radical (unpaired) electrons. The molecule has 0 aromatic heterocycles. The van der Waals surface area contributed by atoms with Crippen molar-refractivity contribution in [3.05, 3.63) is 64.1 Å². The Morgan fingerprint density at radius 3 is 2.76 bits per heavy atom. The monoisotopic (exact) mass is 404 g/mol. The number of carbonyl (C=O) groups is 1. The molecular formula is C19H21BrN2O3. The Bertz CT molecular complexity index is 717. The predicted octanol–water partition coefficient (Wildman–Crippen LogP) is 3.81. The summed E-state index contributed by atoms with van der Waals surface area (Å²) in [6.45, 7) is 2.52. The van der Waals surface area contributed by atoms with Crippen molar-refractivity contribution in [2.24, 2.45) is 5.10 Å². The van der Waals surface area contributed by atoms with Gasteiger partial charge in [0.05, 0.1) is 18.9 Å². The molecule has 0 aliphatic heterocycles. The lowest BCUT2D eigenvalue weighted by Gasteiger charge is -2.11. The zero-order valence-corrected chi connectivity index (χ0v) is 15.6. The number of amides is 1. The number of aliphatic hydroxyl groups excluding tert-OH is 1.